The van der Waals surface area contributed by atoms with E-state index in [-0.39, 0.29) is 5.91 Å². The van der Waals surface area contributed by atoms with Crippen LogP contribution in [0.5, 0.6) is 0 Å². The van der Waals surface area contributed by atoms with E-state index in [1.165, 1.54) is 0 Å². The van der Waals surface area contributed by atoms with Gasteiger partial charge in [-0.1, -0.05) is 30.3 Å². The Morgan fingerprint density at radius 1 is 1.10 bits per heavy atom. The Labute approximate surface area is 172 Å². The van der Waals surface area contributed by atoms with Crippen molar-refractivity contribution in [2.75, 3.05) is 18.4 Å². The first-order chi connectivity index (χ1) is 14.1. The smallest absolute Gasteiger partial charge is 0.253 e. The van der Waals surface area contributed by atoms with Crippen molar-refractivity contribution in [3.05, 3.63) is 83.2 Å². The molecule has 2 aromatic carbocycles. The van der Waals surface area contributed by atoms with Gasteiger partial charge in [0, 0.05) is 36.1 Å². The van der Waals surface area contributed by atoms with Crippen LogP contribution in [0.4, 0.5) is 5.69 Å². The molecule has 29 heavy (non-hydrogen) atoms. The number of carbonyl (C=O) groups excluding carboxylic acids is 1. The maximum absolute atomic E-state index is 13.0. The second-order valence-electron chi connectivity index (χ2n) is 7.88. The van der Waals surface area contributed by atoms with Gasteiger partial charge in [0.15, 0.2) is 0 Å². The minimum absolute atomic E-state index is 0.113. The molecule has 3 aromatic rings. The van der Waals surface area contributed by atoms with Crippen molar-refractivity contribution in [3.8, 4) is 0 Å². The van der Waals surface area contributed by atoms with Crippen molar-refractivity contribution < 1.29 is 4.79 Å². The van der Waals surface area contributed by atoms with Gasteiger partial charge < -0.3 is 10.2 Å². The SMILES string of the molecule is Cc1cc(C)n(Cc2ccc(C(=O)N3CCCC(Nc4ccccc4)C3)cc2)n1. The highest BCUT2D eigenvalue weighted by molar-refractivity contribution is 5.94. The van der Waals surface area contributed by atoms with Gasteiger partial charge in [0.05, 0.1) is 12.2 Å². The van der Waals surface area contributed by atoms with Crippen molar-refractivity contribution in [1.82, 2.24) is 14.7 Å². The molecule has 1 saturated heterocycles. The first-order valence-corrected chi connectivity index (χ1v) is 10.3. The minimum Gasteiger partial charge on any atom is -0.381 e. The Kier molecular flexibility index (Phi) is 5.65. The van der Waals surface area contributed by atoms with Crippen LogP contribution in [-0.4, -0.2) is 39.7 Å². The Hall–Kier alpha value is -3.08. The summed E-state index contributed by atoms with van der Waals surface area (Å²) in [5.41, 5.74) is 5.18. The van der Waals surface area contributed by atoms with E-state index in [0.717, 1.165) is 60.7 Å². The number of amides is 1. The molecule has 0 bridgehead atoms. The van der Waals surface area contributed by atoms with E-state index in [4.69, 9.17) is 0 Å². The Balaban J connectivity index is 1.39. The molecule has 5 nitrogen and oxygen atoms in total. The molecule has 0 saturated carbocycles. The van der Waals surface area contributed by atoms with Crippen LogP contribution in [0.1, 0.15) is 40.2 Å². The molecule has 1 unspecified atom stereocenters. The van der Waals surface area contributed by atoms with E-state index in [1.807, 2.05) is 59.0 Å². The third-order valence-electron chi connectivity index (χ3n) is 5.49. The molecule has 0 spiro atoms. The molecule has 1 N–H and O–H groups in total. The molecule has 1 atom stereocenters. The fourth-order valence-corrected chi connectivity index (χ4v) is 3.99. The fourth-order valence-electron chi connectivity index (χ4n) is 3.99. The zero-order valence-corrected chi connectivity index (χ0v) is 17.1. The molecule has 0 radical (unpaired) electrons. The molecular formula is C24H28N4O. The van der Waals surface area contributed by atoms with Crippen molar-refractivity contribution in [1.29, 1.82) is 0 Å². The maximum Gasteiger partial charge on any atom is 0.253 e. The molecule has 5 heteroatoms. The van der Waals surface area contributed by atoms with Crippen molar-refractivity contribution in [2.45, 2.75) is 39.3 Å². The van der Waals surface area contributed by atoms with E-state index in [0.29, 0.717) is 6.04 Å². The van der Waals surface area contributed by atoms with Crippen molar-refractivity contribution >= 4 is 11.6 Å². The van der Waals surface area contributed by atoms with E-state index >= 15 is 0 Å². The summed E-state index contributed by atoms with van der Waals surface area (Å²) >= 11 is 0. The predicted octanol–water partition coefficient (Wildman–Crippen LogP) is 4.26. The van der Waals surface area contributed by atoms with Crippen LogP contribution in [-0.2, 0) is 6.54 Å². The number of hydrogen-bond acceptors (Lipinski definition) is 3. The third-order valence-corrected chi connectivity index (χ3v) is 5.49. The second kappa shape index (κ2) is 8.52. The highest BCUT2D eigenvalue weighted by Gasteiger charge is 2.24. The normalized spacial score (nSPS) is 16.6. The number of nitrogens with zero attached hydrogens (tertiary/aromatic N) is 3. The number of benzene rings is 2. The molecule has 2 heterocycles. The lowest BCUT2D eigenvalue weighted by Crippen LogP contribution is -2.45. The number of hydrogen-bond donors (Lipinski definition) is 1. The second-order valence-corrected chi connectivity index (χ2v) is 7.88. The molecular weight excluding hydrogens is 360 g/mol. The third kappa shape index (κ3) is 4.67. The Morgan fingerprint density at radius 2 is 1.86 bits per heavy atom. The highest BCUT2D eigenvalue weighted by atomic mass is 16.2. The fraction of sp³-hybridized carbons (Fsp3) is 0.333. The zero-order valence-electron chi connectivity index (χ0n) is 17.1. The minimum atomic E-state index is 0.113. The van der Waals surface area contributed by atoms with Crippen molar-refractivity contribution in [3.63, 3.8) is 0 Å². The van der Waals surface area contributed by atoms with Crippen LogP contribution in [0.2, 0.25) is 0 Å². The molecule has 1 amide bonds. The average molecular weight is 389 g/mol. The number of para-hydroxylation sites is 1. The van der Waals surface area contributed by atoms with Gasteiger partial charge in [-0.05, 0) is 62.6 Å². The molecule has 1 aromatic heterocycles. The number of aromatic nitrogens is 2. The van der Waals surface area contributed by atoms with Gasteiger partial charge in [-0.2, -0.15) is 5.10 Å². The van der Waals surface area contributed by atoms with Crippen molar-refractivity contribution in [2.24, 2.45) is 0 Å². The zero-order chi connectivity index (χ0) is 20.2. The van der Waals surface area contributed by atoms with E-state index in [9.17, 15) is 4.79 Å². The van der Waals surface area contributed by atoms with Gasteiger partial charge in [0.2, 0.25) is 0 Å². The Morgan fingerprint density at radius 3 is 2.55 bits per heavy atom. The summed E-state index contributed by atoms with van der Waals surface area (Å²) in [4.78, 5) is 15.0. The van der Waals surface area contributed by atoms with Crippen LogP contribution in [0, 0.1) is 13.8 Å². The van der Waals surface area contributed by atoms with E-state index in [2.05, 4.69) is 35.5 Å². The lowest BCUT2D eigenvalue weighted by Gasteiger charge is -2.33. The van der Waals surface area contributed by atoms with Gasteiger partial charge in [-0.3, -0.25) is 9.48 Å². The molecule has 1 fully saturated rings. The Bertz CT molecular complexity index is 962. The number of likely N-dealkylation sites (tertiary alicyclic amines) is 1. The molecule has 4 rings (SSSR count). The summed E-state index contributed by atoms with van der Waals surface area (Å²) in [7, 11) is 0. The van der Waals surface area contributed by atoms with Gasteiger partial charge in [0.1, 0.15) is 0 Å². The quantitative estimate of drug-likeness (QED) is 0.710. The number of rotatable bonds is 5. The first kappa shape index (κ1) is 19.2. The number of piperidine rings is 1. The molecule has 0 aliphatic carbocycles. The van der Waals surface area contributed by atoms with E-state index < -0.39 is 0 Å². The van der Waals surface area contributed by atoms with Gasteiger partial charge in [0.25, 0.3) is 5.91 Å². The topological polar surface area (TPSA) is 50.2 Å². The summed E-state index contributed by atoms with van der Waals surface area (Å²) < 4.78 is 2.00. The monoisotopic (exact) mass is 388 g/mol. The average Bonchev–Trinajstić information content (AvgIpc) is 3.05. The summed E-state index contributed by atoms with van der Waals surface area (Å²) in [6.45, 7) is 6.35. The summed E-state index contributed by atoms with van der Waals surface area (Å²) in [5.74, 6) is 0.113. The molecule has 1 aliphatic rings. The highest BCUT2D eigenvalue weighted by Crippen LogP contribution is 2.18. The van der Waals surface area contributed by atoms with Gasteiger partial charge in [-0.25, -0.2) is 0 Å². The lowest BCUT2D eigenvalue weighted by molar-refractivity contribution is 0.0715. The van der Waals surface area contributed by atoms with Crippen LogP contribution in [0.3, 0.4) is 0 Å². The number of aryl methyl sites for hydroxylation is 2. The van der Waals surface area contributed by atoms with Crippen LogP contribution in [0.25, 0.3) is 0 Å². The summed E-state index contributed by atoms with van der Waals surface area (Å²) in [6.07, 6.45) is 2.10. The molecule has 150 valence electrons. The maximum atomic E-state index is 13.0. The lowest BCUT2D eigenvalue weighted by atomic mass is 10.0. The first-order valence-electron chi connectivity index (χ1n) is 10.3. The number of anilines is 1. The number of carbonyl (C=O) groups is 1. The molecule has 1 aliphatic heterocycles. The van der Waals surface area contributed by atoms with Gasteiger partial charge in [-0.15, -0.1) is 0 Å². The van der Waals surface area contributed by atoms with E-state index in [1.54, 1.807) is 0 Å². The van der Waals surface area contributed by atoms with Gasteiger partial charge >= 0.3 is 0 Å². The standard InChI is InChI=1S/C24H28N4O/c1-18-15-19(2)28(26-18)16-20-10-12-21(13-11-20)24(29)27-14-6-9-23(17-27)25-22-7-4-3-5-8-22/h3-5,7-8,10-13,15,23,25H,6,9,14,16-17H2,1-2H3. The largest absolute Gasteiger partial charge is 0.381 e. The summed E-state index contributed by atoms with van der Waals surface area (Å²) in [5, 5.41) is 8.07. The van der Waals surface area contributed by atoms with Crippen LogP contribution < -0.4 is 5.32 Å². The summed E-state index contributed by atoms with van der Waals surface area (Å²) in [6, 6.07) is 20.5. The number of nitrogens with one attached hydrogen (secondary N) is 1. The predicted molar refractivity (Wildman–Crippen MR) is 116 cm³/mol. The van der Waals surface area contributed by atoms with Crippen LogP contribution in [0.15, 0.2) is 60.7 Å². The van der Waals surface area contributed by atoms with Crippen LogP contribution >= 0.6 is 0 Å².